The molecule has 0 saturated heterocycles. The number of pyridine rings is 1. The van der Waals surface area contributed by atoms with E-state index in [1.807, 2.05) is 43.8 Å². The molecule has 28 heavy (non-hydrogen) atoms. The first-order chi connectivity index (χ1) is 12.9. The first kappa shape index (κ1) is 23.9. The second-order valence-corrected chi connectivity index (χ2v) is 6.44. The number of aliphatic imine (C=N–C) groups is 1. The third-order valence-electron chi connectivity index (χ3n) is 4.58. The molecule has 0 bridgehead atoms. The molecular weight excluding hydrogens is 469 g/mol. The Balaban J connectivity index is 0.00000392. The molecule has 0 spiro atoms. The first-order valence-electron chi connectivity index (χ1n) is 8.99. The summed E-state index contributed by atoms with van der Waals surface area (Å²) in [4.78, 5) is 22.5. The topological polar surface area (TPSA) is 87.4 Å². The number of likely N-dealkylation sites (N-methyl/N-ethyl adjacent to an activating group) is 1. The third kappa shape index (κ3) is 6.77. The Bertz CT molecular complexity index is 789. The molecule has 0 aliphatic carbocycles. The molecule has 0 saturated carbocycles. The number of halogens is 1. The predicted molar refractivity (Wildman–Crippen MR) is 122 cm³/mol. The summed E-state index contributed by atoms with van der Waals surface area (Å²) in [6.45, 7) is 5.43. The van der Waals surface area contributed by atoms with E-state index in [1.165, 1.54) is 0 Å². The lowest BCUT2D eigenvalue weighted by atomic mass is 10.2. The normalized spacial score (nSPS) is 11.0. The summed E-state index contributed by atoms with van der Waals surface area (Å²) in [6, 6.07) is 5.80. The molecule has 0 aliphatic rings. The van der Waals surface area contributed by atoms with Crippen LogP contribution in [0, 0.1) is 13.8 Å². The summed E-state index contributed by atoms with van der Waals surface area (Å²) in [7, 11) is 5.41. The maximum Gasteiger partial charge on any atom is 0.241 e. The van der Waals surface area contributed by atoms with Gasteiger partial charge in [-0.1, -0.05) is 6.07 Å². The summed E-state index contributed by atoms with van der Waals surface area (Å²) < 4.78 is 1.86. The van der Waals surface area contributed by atoms with E-state index >= 15 is 0 Å². The van der Waals surface area contributed by atoms with Gasteiger partial charge in [0.15, 0.2) is 5.96 Å². The molecule has 0 aromatic carbocycles. The number of aromatic nitrogens is 3. The molecule has 154 valence electrons. The van der Waals surface area contributed by atoms with Gasteiger partial charge in [0.25, 0.3) is 0 Å². The van der Waals surface area contributed by atoms with Crippen molar-refractivity contribution in [1.82, 2.24) is 30.3 Å². The molecule has 2 N–H and O–H groups in total. The smallest absolute Gasteiger partial charge is 0.241 e. The molecule has 2 rings (SSSR count). The van der Waals surface area contributed by atoms with Crippen molar-refractivity contribution in [3.8, 4) is 0 Å². The molecule has 2 aromatic rings. The highest BCUT2D eigenvalue weighted by molar-refractivity contribution is 14.0. The van der Waals surface area contributed by atoms with Crippen LogP contribution in [0.2, 0.25) is 0 Å². The Labute approximate surface area is 183 Å². The lowest BCUT2D eigenvalue weighted by molar-refractivity contribution is -0.128. The Hall–Kier alpha value is -2.17. The SMILES string of the molecule is CN=C(NCC(=O)N(C)CCc1ccccn1)NCc1c(C)nn(C)c1C.I. The molecular formula is C19H30IN7O. The van der Waals surface area contributed by atoms with Crippen LogP contribution in [-0.4, -0.2) is 58.7 Å². The van der Waals surface area contributed by atoms with Crippen molar-refractivity contribution in [2.24, 2.45) is 12.0 Å². The number of carbonyl (C=O) groups excluding carboxylic acids is 1. The van der Waals surface area contributed by atoms with Gasteiger partial charge in [0, 0.05) is 63.8 Å². The van der Waals surface area contributed by atoms with Crippen molar-refractivity contribution in [3.05, 3.63) is 47.0 Å². The Morgan fingerprint density at radius 2 is 2.04 bits per heavy atom. The van der Waals surface area contributed by atoms with E-state index in [0.29, 0.717) is 19.0 Å². The number of rotatable bonds is 7. The molecule has 0 aliphatic heterocycles. The van der Waals surface area contributed by atoms with E-state index < -0.39 is 0 Å². The fraction of sp³-hybridized carbons (Fsp3) is 0.474. The standard InChI is InChI=1S/C19H29N7O.HI/c1-14-17(15(2)26(5)24-14)12-22-19(20-3)23-13-18(27)25(4)11-9-16-8-6-7-10-21-16;/h6-8,10H,9,11-13H2,1-5H3,(H2,20,22,23);1H. The number of nitrogens with zero attached hydrogens (tertiary/aromatic N) is 5. The number of nitrogens with one attached hydrogen (secondary N) is 2. The molecule has 2 heterocycles. The first-order valence-corrected chi connectivity index (χ1v) is 8.99. The van der Waals surface area contributed by atoms with Crippen LogP contribution >= 0.6 is 24.0 Å². The number of guanidine groups is 1. The third-order valence-corrected chi connectivity index (χ3v) is 4.58. The Morgan fingerprint density at radius 3 is 2.61 bits per heavy atom. The van der Waals surface area contributed by atoms with Gasteiger partial charge in [0.1, 0.15) is 0 Å². The van der Waals surface area contributed by atoms with Crippen LogP contribution < -0.4 is 10.6 Å². The summed E-state index contributed by atoms with van der Waals surface area (Å²) in [5.74, 6) is 0.590. The van der Waals surface area contributed by atoms with E-state index in [1.54, 1.807) is 25.2 Å². The zero-order chi connectivity index (χ0) is 19.8. The summed E-state index contributed by atoms with van der Waals surface area (Å²) in [5.41, 5.74) is 4.22. The molecule has 0 fully saturated rings. The summed E-state index contributed by atoms with van der Waals surface area (Å²) in [6.07, 6.45) is 2.50. The van der Waals surface area contributed by atoms with E-state index in [9.17, 15) is 4.79 Å². The fourth-order valence-electron chi connectivity index (χ4n) is 2.71. The van der Waals surface area contributed by atoms with Gasteiger partial charge in [-0.05, 0) is 26.0 Å². The Kier molecular flexibility index (Phi) is 9.91. The van der Waals surface area contributed by atoms with Crippen LogP contribution in [0.25, 0.3) is 0 Å². The van der Waals surface area contributed by atoms with Gasteiger partial charge < -0.3 is 15.5 Å². The highest BCUT2D eigenvalue weighted by Gasteiger charge is 2.12. The number of hydrogen-bond acceptors (Lipinski definition) is 4. The van der Waals surface area contributed by atoms with Crippen molar-refractivity contribution in [2.45, 2.75) is 26.8 Å². The van der Waals surface area contributed by atoms with Crippen LogP contribution in [0.1, 0.15) is 22.6 Å². The van der Waals surface area contributed by atoms with Crippen molar-refractivity contribution >= 4 is 35.8 Å². The van der Waals surface area contributed by atoms with Crippen LogP contribution in [0.4, 0.5) is 0 Å². The highest BCUT2D eigenvalue weighted by Crippen LogP contribution is 2.10. The minimum absolute atomic E-state index is 0. The second kappa shape index (κ2) is 11.6. The fourth-order valence-corrected chi connectivity index (χ4v) is 2.71. The van der Waals surface area contributed by atoms with Crippen molar-refractivity contribution in [3.63, 3.8) is 0 Å². The van der Waals surface area contributed by atoms with E-state index in [-0.39, 0.29) is 36.4 Å². The maximum absolute atomic E-state index is 12.3. The van der Waals surface area contributed by atoms with Gasteiger partial charge in [-0.2, -0.15) is 5.10 Å². The molecule has 9 heteroatoms. The molecule has 1 amide bonds. The van der Waals surface area contributed by atoms with Crippen LogP contribution in [0.3, 0.4) is 0 Å². The number of carbonyl (C=O) groups is 1. The Morgan fingerprint density at radius 1 is 1.29 bits per heavy atom. The average molecular weight is 499 g/mol. The van der Waals surface area contributed by atoms with Gasteiger partial charge in [-0.15, -0.1) is 24.0 Å². The minimum Gasteiger partial charge on any atom is -0.352 e. The lowest BCUT2D eigenvalue weighted by Gasteiger charge is -2.18. The quantitative estimate of drug-likeness (QED) is 0.342. The van der Waals surface area contributed by atoms with Gasteiger partial charge in [-0.25, -0.2) is 0 Å². The number of aryl methyl sites for hydroxylation is 2. The van der Waals surface area contributed by atoms with Crippen molar-refractivity contribution < 1.29 is 4.79 Å². The molecule has 0 radical (unpaired) electrons. The highest BCUT2D eigenvalue weighted by atomic mass is 127. The molecule has 0 unspecified atom stereocenters. The largest absolute Gasteiger partial charge is 0.352 e. The lowest BCUT2D eigenvalue weighted by Crippen LogP contribution is -2.43. The summed E-state index contributed by atoms with van der Waals surface area (Å²) >= 11 is 0. The monoisotopic (exact) mass is 499 g/mol. The van der Waals surface area contributed by atoms with Crippen LogP contribution in [-0.2, 0) is 24.8 Å². The second-order valence-electron chi connectivity index (χ2n) is 6.44. The van der Waals surface area contributed by atoms with Crippen LogP contribution in [0.15, 0.2) is 29.4 Å². The van der Waals surface area contributed by atoms with Crippen molar-refractivity contribution in [2.75, 3.05) is 27.2 Å². The van der Waals surface area contributed by atoms with Gasteiger partial charge in [0.2, 0.25) is 5.91 Å². The number of amides is 1. The molecule has 0 atom stereocenters. The zero-order valence-corrected chi connectivity index (χ0v) is 19.5. The average Bonchev–Trinajstić information content (AvgIpc) is 2.92. The zero-order valence-electron chi connectivity index (χ0n) is 17.2. The van der Waals surface area contributed by atoms with Gasteiger partial charge in [0.05, 0.1) is 12.2 Å². The van der Waals surface area contributed by atoms with Gasteiger partial charge in [-0.3, -0.25) is 19.5 Å². The molecule has 8 nitrogen and oxygen atoms in total. The van der Waals surface area contributed by atoms with Gasteiger partial charge >= 0.3 is 0 Å². The predicted octanol–water partition coefficient (Wildman–Crippen LogP) is 1.42. The van der Waals surface area contributed by atoms with Crippen LogP contribution in [0.5, 0.6) is 0 Å². The maximum atomic E-state index is 12.3. The summed E-state index contributed by atoms with van der Waals surface area (Å²) in [5, 5.41) is 10.7. The molecule has 2 aromatic heterocycles. The van der Waals surface area contributed by atoms with E-state index in [2.05, 4.69) is 25.7 Å². The van der Waals surface area contributed by atoms with E-state index in [4.69, 9.17) is 0 Å². The number of hydrogen-bond donors (Lipinski definition) is 2. The van der Waals surface area contributed by atoms with E-state index in [0.717, 1.165) is 29.1 Å². The van der Waals surface area contributed by atoms with Crippen molar-refractivity contribution in [1.29, 1.82) is 0 Å². The minimum atomic E-state index is 0.